The van der Waals surface area contributed by atoms with E-state index in [1.165, 1.54) is 0 Å². The molecular weight excluding hydrogens is 354 g/mol. The van der Waals surface area contributed by atoms with Crippen LogP contribution in [-0.4, -0.2) is 24.3 Å². The normalized spacial score (nSPS) is 18.8. The highest BCUT2D eigenvalue weighted by atomic mass is 16.2. The van der Waals surface area contributed by atoms with Crippen LogP contribution in [0.3, 0.4) is 0 Å². The van der Waals surface area contributed by atoms with Gasteiger partial charge in [0, 0.05) is 36.8 Å². The summed E-state index contributed by atoms with van der Waals surface area (Å²) in [5.41, 5.74) is 2.48. The van der Waals surface area contributed by atoms with Crippen LogP contribution in [0.4, 0.5) is 11.4 Å². The molecule has 1 saturated carbocycles. The number of amides is 3. The van der Waals surface area contributed by atoms with E-state index in [1.54, 1.807) is 4.90 Å². The Hall–Kier alpha value is -3.15. The average molecular weight is 377 g/mol. The molecule has 6 nitrogen and oxygen atoms in total. The van der Waals surface area contributed by atoms with Crippen molar-refractivity contribution >= 4 is 29.1 Å². The topological polar surface area (TPSA) is 78.5 Å². The van der Waals surface area contributed by atoms with E-state index in [-0.39, 0.29) is 36.0 Å². The van der Waals surface area contributed by atoms with Crippen molar-refractivity contribution in [3.05, 3.63) is 60.2 Å². The van der Waals surface area contributed by atoms with Gasteiger partial charge in [-0.15, -0.1) is 0 Å². The summed E-state index contributed by atoms with van der Waals surface area (Å²) in [6, 6.07) is 16.9. The van der Waals surface area contributed by atoms with E-state index in [4.69, 9.17) is 0 Å². The van der Waals surface area contributed by atoms with Gasteiger partial charge in [-0.2, -0.15) is 0 Å². The van der Waals surface area contributed by atoms with Crippen molar-refractivity contribution in [2.45, 2.75) is 25.8 Å². The fraction of sp³-hybridized carbons (Fsp3) is 0.318. The first-order chi connectivity index (χ1) is 13.6. The van der Waals surface area contributed by atoms with Crippen molar-refractivity contribution in [2.24, 2.45) is 11.8 Å². The van der Waals surface area contributed by atoms with Gasteiger partial charge in [0.1, 0.15) is 0 Å². The van der Waals surface area contributed by atoms with Crippen LogP contribution in [0, 0.1) is 11.8 Å². The summed E-state index contributed by atoms with van der Waals surface area (Å²) in [6.07, 6.45) is 2.14. The van der Waals surface area contributed by atoms with E-state index in [0.29, 0.717) is 13.1 Å². The van der Waals surface area contributed by atoms with Gasteiger partial charge in [0.2, 0.25) is 17.7 Å². The van der Waals surface area contributed by atoms with Crippen LogP contribution in [0.1, 0.15) is 24.8 Å². The maximum absolute atomic E-state index is 12.5. The van der Waals surface area contributed by atoms with E-state index in [2.05, 4.69) is 10.6 Å². The molecular formula is C22H23N3O3. The van der Waals surface area contributed by atoms with Gasteiger partial charge < -0.3 is 15.5 Å². The molecule has 0 spiro atoms. The Kier molecular flexibility index (Phi) is 5.10. The number of hydrogen-bond acceptors (Lipinski definition) is 3. The van der Waals surface area contributed by atoms with Gasteiger partial charge in [0.25, 0.3) is 0 Å². The number of para-hydroxylation sites is 1. The maximum Gasteiger partial charge on any atom is 0.227 e. The van der Waals surface area contributed by atoms with Gasteiger partial charge in [-0.3, -0.25) is 14.4 Å². The molecule has 144 valence electrons. The standard InChI is InChI=1S/C22H23N3O3/c26-20-12-17(14-25(20)19-7-2-1-3-8-19)21(27)23-13-15-5-4-6-18(11-15)24-22(28)16-9-10-16/h1-8,11,16-17H,9-10,12-14H2,(H,23,27)(H,24,28). The van der Waals surface area contributed by atoms with E-state index < -0.39 is 0 Å². The van der Waals surface area contributed by atoms with E-state index in [1.807, 2.05) is 54.6 Å². The second-order valence-electron chi connectivity index (χ2n) is 7.42. The summed E-state index contributed by atoms with van der Waals surface area (Å²) in [4.78, 5) is 38.4. The summed E-state index contributed by atoms with van der Waals surface area (Å²) in [6.45, 7) is 0.758. The number of hydrogen-bond donors (Lipinski definition) is 2. The van der Waals surface area contributed by atoms with Crippen LogP contribution in [0.25, 0.3) is 0 Å². The Morgan fingerprint density at radius 1 is 0.964 bits per heavy atom. The second kappa shape index (κ2) is 7.84. The highest BCUT2D eigenvalue weighted by Crippen LogP contribution is 2.30. The first-order valence-corrected chi connectivity index (χ1v) is 9.63. The average Bonchev–Trinajstić information content (AvgIpc) is 3.49. The molecule has 2 aliphatic rings. The Labute approximate surface area is 163 Å². The minimum atomic E-state index is -0.356. The van der Waals surface area contributed by atoms with Crippen molar-refractivity contribution < 1.29 is 14.4 Å². The summed E-state index contributed by atoms with van der Waals surface area (Å²) >= 11 is 0. The number of carbonyl (C=O) groups excluding carboxylic acids is 3. The third-order valence-corrected chi connectivity index (χ3v) is 5.17. The molecule has 1 heterocycles. The maximum atomic E-state index is 12.5. The molecule has 3 amide bonds. The van der Waals surface area contributed by atoms with Crippen LogP contribution >= 0.6 is 0 Å². The summed E-state index contributed by atoms with van der Waals surface area (Å²) < 4.78 is 0. The molecule has 0 bridgehead atoms. The van der Waals surface area contributed by atoms with Gasteiger partial charge in [0.15, 0.2) is 0 Å². The number of nitrogens with zero attached hydrogens (tertiary/aromatic N) is 1. The third-order valence-electron chi connectivity index (χ3n) is 5.17. The van der Waals surface area contributed by atoms with Crippen molar-refractivity contribution in [3.8, 4) is 0 Å². The quantitative estimate of drug-likeness (QED) is 0.812. The van der Waals surface area contributed by atoms with E-state index >= 15 is 0 Å². The van der Waals surface area contributed by atoms with Gasteiger partial charge in [-0.1, -0.05) is 30.3 Å². The van der Waals surface area contributed by atoms with Crippen LogP contribution in [0.15, 0.2) is 54.6 Å². The van der Waals surface area contributed by atoms with E-state index in [0.717, 1.165) is 29.8 Å². The van der Waals surface area contributed by atoms with Crippen LogP contribution in [-0.2, 0) is 20.9 Å². The molecule has 1 aliphatic heterocycles. The SMILES string of the molecule is O=C(NCc1cccc(NC(=O)C2CC2)c1)C1CC(=O)N(c2ccccc2)C1. The molecule has 1 atom stereocenters. The van der Waals surface area contributed by atoms with Gasteiger partial charge in [0.05, 0.1) is 5.92 Å². The van der Waals surface area contributed by atoms with Crippen LogP contribution in [0.2, 0.25) is 0 Å². The van der Waals surface area contributed by atoms with Crippen molar-refractivity contribution in [2.75, 3.05) is 16.8 Å². The summed E-state index contributed by atoms with van der Waals surface area (Å²) in [5, 5.41) is 5.83. The third kappa shape index (κ3) is 4.22. The number of nitrogens with one attached hydrogen (secondary N) is 2. The molecule has 6 heteroatoms. The smallest absolute Gasteiger partial charge is 0.227 e. The predicted molar refractivity (Wildman–Crippen MR) is 107 cm³/mol. The number of anilines is 2. The van der Waals surface area contributed by atoms with Gasteiger partial charge in [-0.25, -0.2) is 0 Å². The molecule has 2 fully saturated rings. The lowest BCUT2D eigenvalue weighted by Gasteiger charge is -2.16. The zero-order chi connectivity index (χ0) is 19.5. The lowest BCUT2D eigenvalue weighted by atomic mass is 10.1. The zero-order valence-corrected chi connectivity index (χ0v) is 15.6. The van der Waals surface area contributed by atoms with Crippen LogP contribution in [0.5, 0.6) is 0 Å². The highest BCUT2D eigenvalue weighted by Gasteiger charge is 2.35. The van der Waals surface area contributed by atoms with Crippen molar-refractivity contribution in [1.29, 1.82) is 0 Å². The molecule has 4 rings (SSSR count). The summed E-state index contributed by atoms with van der Waals surface area (Å²) in [7, 11) is 0. The zero-order valence-electron chi connectivity index (χ0n) is 15.6. The number of benzene rings is 2. The second-order valence-corrected chi connectivity index (χ2v) is 7.42. The molecule has 1 aliphatic carbocycles. The fourth-order valence-electron chi connectivity index (χ4n) is 3.42. The highest BCUT2D eigenvalue weighted by molar-refractivity contribution is 6.00. The molecule has 2 aromatic carbocycles. The van der Waals surface area contributed by atoms with Crippen molar-refractivity contribution in [3.63, 3.8) is 0 Å². The lowest BCUT2D eigenvalue weighted by molar-refractivity contribution is -0.126. The fourth-order valence-corrected chi connectivity index (χ4v) is 3.42. The molecule has 1 unspecified atom stereocenters. The summed E-state index contributed by atoms with van der Waals surface area (Å²) in [5.74, 6) is -0.303. The Balaban J connectivity index is 1.32. The molecule has 0 radical (unpaired) electrons. The lowest BCUT2D eigenvalue weighted by Crippen LogP contribution is -2.32. The molecule has 1 saturated heterocycles. The van der Waals surface area contributed by atoms with Gasteiger partial charge >= 0.3 is 0 Å². The minimum Gasteiger partial charge on any atom is -0.352 e. The predicted octanol–water partition coefficient (Wildman–Crippen LogP) is 2.70. The molecule has 28 heavy (non-hydrogen) atoms. The van der Waals surface area contributed by atoms with E-state index in [9.17, 15) is 14.4 Å². The largest absolute Gasteiger partial charge is 0.352 e. The first kappa shape index (κ1) is 18.2. The molecule has 0 aromatic heterocycles. The van der Waals surface area contributed by atoms with Crippen LogP contribution < -0.4 is 15.5 Å². The minimum absolute atomic E-state index is 0.0314. The molecule has 2 N–H and O–H groups in total. The van der Waals surface area contributed by atoms with Gasteiger partial charge in [-0.05, 0) is 42.7 Å². The first-order valence-electron chi connectivity index (χ1n) is 9.63. The Bertz CT molecular complexity index is 893. The number of rotatable bonds is 6. The monoisotopic (exact) mass is 377 g/mol. The molecule has 2 aromatic rings. The Morgan fingerprint density at radius 3 is 2.50 bits per heavy atom. The Morgan fingerprint density at radius 2 is 1.75 bits per heavy atom. The van der Waals surface area contributed by atoms with Crippen molar-refractivity contribution in [1.82, 2.24) is 5.32 Å². The number of carbonyl (C=O) groups is 3.